The zero-order valence-corrected chi connectivity index (χ0v) is 15.2. The van der Waals surface area contributed by atoms with E-state index in [1.165, 1.54) is 12.1 Å². The van der Waals surface area contributed by atoms with Crippen LogP contribution < -0.4 is 14.8 Å². The maximum Gasteiger partial charge on any atom is 0.341 e. The van der Waals surface area contributed by atoms with Gasteiger partial charge in [0.25, 0.3) is 5.91 Å². The lowest BCUT2D eigenvalue weighted by atomic mass is 9.87. The van der Waals surface area contributed by atoms with Gasteiger partial charge in [-0.3, -0.25) is 4.79 Å². The first-order chi connectivity index (χ1) is 11.6. The molecule has 140 valence electrons. The van der Waals surface area contributed by atoms with Gasteiger partial charge < -0.3 is 25.0 Å². The summed E-state index contributed by atoms with van der Waals surface area (Å²) in [5.41, 5.74) is 0.149. The Hall–Kier alpha value is -2.28. The van der Waals surface area contributed by atoms with Crippen molar-refractivity contribution in [3.05, 3.63) is 23.8 Å². The van der Waals surface area contributed by atoms with Crippen molar-refractivity contribution < 1.29 is 29.3 Å². The summed E-state index contributed by atoms with van der Waals surface area (Å²) in [5.74, 6) is -0.774. The zero-order valence-electron chi connectivity index (χ0n) is 15.2. The van der Waals surface area contributed by atoms with Crippen molar-refractivity contribution in [1.29, 1.82) is 0 Å². The maximum atomic E-state index is 12.3. The molecule has 3 N–H and O–H groups in total. The minimum atomic E-state index is -1.09. The summed E-state index contributed by atoms with van der Waals surface area (Å²) in [4.78, 5) is 23.0. The number of carbonyl (C=O) groups excluding carboxylic acids is 1. The molecule has 1 aromatic rings. The minimum absolute atomic E-state index is 0.239. The summed E-state index contributed by atoms with van der Waals surface area (Å²) in [6, 6.07) is 4.60. The normalized spacial score (nSPS) is 12.4. The molecule has 1 atom stereocenters. The molecule has 1 rings (SSSR count). The lowest BCUT2D eigenvalue weighted by molar-refractivity contribution is -0.139. The molecule has 0 aromatic heterocycles. The highest BCUT2D eigenvalue weighted by Gasteiger charge is 2.22. The van der Waals surface area contributed by atoms with Crippen LogP contribution in [-0.4, -0.2) is 48.0 Å². The molecule has 1 amide bonds. The Morgan fingerprint density at radius 3 is 2.48 bits per heavy atom. The van der Waals surface area contributed by atoms with Crippen LogP contribution in [-0.2, 0) is 4.79 Å². The Kier molecular flexibility index (Phi) is 7.70. The van der Waals surface area contributed by atoms with Crippen LogP contribution in [0.5, 0.6) is 11.5 Å². The van der Waals surface area contributed by atoms with E-state index in [0.29, 0.717) is 30.9 Å². The molecule has 0 aliphatic carbocycles. The van der Waals surface area contributed by atoms with Gasteiger partial charge in [0.05, 0.1) is 12.7 Å². The molecular weight excluding hydrogens is 326 g/mol. The van der Waals surface area contributed by atoms with Gasteiger partial charge in [-0.1, -0.05) is 13.8 Å². The first-order valence-corrected chi connectivity index (χ1v) is 8.22. The van der Waals surface area contributed by atoms with E-state index < -0.39 is 18.7 Å². The molecule has 7 nitrogen and oxygen atoms in total. The van der Waals surface area contributed by atoms with Crippen LogP contribution >= 0.6 is 0 Å². The highest BCUT2D eigenvalue weighted by Crippen LogP contribution is 2.29. The number of benzene rings is 1. The lowest BCUT2D eigenvalue weighted by Crippen LogP contribution is -2.35. The standard InChI is InChI=1S/C18H27NO6/c1-5-24-15-8-13(6-7-14(15)25-10-16(21)22)17(23)19-11-18(3,4)9-12(2)20/h6-8,12,20H,5,9-11H2,1-4H3,(H,19,23)(H,21,22). The molecule has 0 saturated heterocycles. The van der Waals surface area contributed by atoms with E-state index in [-0.39, 0.29) is 17.1 Å². The zero-order chi connectivity index (χ0) is 19.0. The molecule has 0 spiro atoms. The summed E-state index contributed by atoms with van der Waals surface area (Å²) in [6.45, 7) is 7.72. The molecule has 0 aliphatic rings. The summed E-state index contributed by atoms with van der Waals surface area (Å²) < 4.78 is 10.6. The number of carboxylic acids is 1. The Balaban J connectivity index is 2.81. The SMILES string of the molecule is CCOc1cc(C(=O)NCC(C)(C)CC(C)O)ccc1OCC(=O)O. The second-order valence-electron chi connectivity index (χ2n) is 6.68. The molecule has 25 heavy (non-hydrogen) atoms. The van der Waals surface area contributed by atoms with E-state index in [0.717, 1.165) is 0 Å². The number of carbonyl (C=O) groups is 2. The summed E-state index contributed by atoms with van der Waals surface area (Å²) in [7, 11) is 0. The van der Waals surface area contributed by atoms with E-state index in [1.807, 2.05) is 13.8 Å². The van der Waals surface area contributed by atoms with Crippen LogP contribution in [0, 0.1) is 5.41 Å². The quantitative estimate of drug-likeness (QED) is 0.595. The van der Waals surface area contributed by atoms with E-state index in [1.54, 1.807) is 19.9 Å². The van der Waals surface area contributed by atoms with Gasteiger partial charge >= 0.3 is 5.97 Å². The summed E-state index contributed by atoms with van der Waals surface area (Å²) in [6.07, 6.45) is 0.126. The Labute approximate surface area is 147 Å². The van der Waals surface area contributed by atoms with Crippen LogP contribution in [0.15, 0.2) is 18.2 Å². The fraction of sp³-hybridized carbons (Fsp3) is 0.556. The van der Waals surface area contributed by atoms with E-state index >= 15 is 0 Å². The number of rotatable bonds is 10. The van der Waals surface area contributed by atoms with Crippen molar-refractivity contribution in [2.24, 2.45) is 5.41 Å². The third-order valence-corrected chi connectivity index (χ3v) is 3.43. The number of aliphatic hydroxyl groups is 1. The van der Waals surface area contributed by atoms with Crippen LogP contribution in [0.3, 0.4) is 0 Å². The van der Waals surface area contributed by atoms with Gasteiger partial charge in [0.1, 0.15) is 0 Å². The molecular formula is C18H27NO6. The van der Waals surface area contributed by atoms with Gasteiger partial charge in [-0.25, -0.2) is 4.79 Å². The number of amides is 1. The van der Waals surface area contributed by atoms with E-state index in [2.05, 4.69) is 5.32 Å². The fourth-order valence-corrected chi connectivity index (χ4v) is 2.47. The molecule has 0 fully saturated rings. The number of carboxylic acid groups (broad SMARTS) is 1. The van der Waals surface area contributed by atoms with Crippen molar-refractivity contribution >= 4 is 11.9 Å². The first-order valence-electron chi connectivity index (χ1n) is 8.22. The summed E-state index contributed by atoms with van der Waals surface area (Å²) >= 11 is 0. The monoisotopic (exact) mass is 353 g/mol. The summed E-state index contributed by atoms with van der Waals surface area (Å²) in [5, 5.41) is 21.0. The molecule has 1 unspecified atom stereocenters. The third-order valence-electron chi connectivity index (χ3n) is 3.43. The van der Waals surface area contributed by atoms with Gasteiger partial charge in [-0.05, 0) is 43.9 Å². The molecule has 7 heteroatoms. The number of hydrogen-bond acceptors (Lipinski definition) is 5. The number of aliphatic carboxylic acids is 1. The molecule has 0 radical (unpaired) electrons. The first kappa shape index (κ1) is 20.8. The Morgan fingerprint density at radius 2 is 1.92 bits per heavy atom. The number of hydrogen-bond donors (Lipinski definition) is 3. The third kappa shape index (κ3) is 7.43. The van der Waals surface area contributed by atoms with Gasteiger partial charge in [-0.2, -0.15) is 0 Å². The average molecular weight is 353 g/mol. The molecule has 0 bridgehead atoms. The van der Waals surface area contributed by atoms with Gasteiger partial charge in [0, 0.05) is 12.1 Å². The van der Waals surface area contributed by atoms with Crippen molar-refractivity contribution in [1.82, 2.24) is 5.32 Å². The largest absolute Gasteiger partial charge is 0.490 e. The van der Waals surface area contributed by atoms with Gasteiger partial charge in [0.15, 0.2) is 18.1 Å². The van der Waals surface area contributed by atoms with Crippen molar-refractivity contribution in [3.8, 4) is 11.5 Å². The number of nitrogens with one attached hydrogen (secondary N) is 1. The van der Waals surface area contributed by atoms with E-state index in [4.69, 9.17) is 14.6 Å². The maximum absolute atomic E-state index is 12.3. The predicted molar refractivity (Wildman–Crippen MR) is 93.2 cm³/mol. The second kappa shape index (κ2) is 9.27. The van der Waals surface area contributed by atoms with Crippen LogP contribution in [0.1, 0.15) is 44.5 Å². The van der Waals surface area contributed by atoms with Gasteiger partial charge in [0.2, 0.25) is 0 Å². The van der Waals surface area contributed by atoms with E-state index in [9.17, 15) is 14.7 Å². The van der Waals surface area contributed by atoms with Gasteiger partial charge in [-0.15, -0.1) is 0 Å². The fourth-order valence-electron chi connectivity index (χ4n) is 2.47. The molecule has 1 aromatic carbocycles. The number of aliphatic hydroxyl groups excluding tert-OH is 1. The topological polar surface area (TPSA) is 105 Å². The number of ether oxygens (including phenoxy) is 2. The van der Waals surface area contributed by atoms with Crippen LogP contribution in [0.4, 0.5) is 0 Å². The lowest BCUT2D eigenvalue weighted by Gasteiger charge is -2.26. The van der Waals surface area contributed by atoms with Crippen LogP contribution in [0.25, 0.3) is 0 Å². The molecule has 0 aliphatic heterocycles. The van der Waals surface area contributed by atoms with Crippen molar-refractivity contribution in [2.45, 2.75) is 40.2 Å². The molecule has 0 heterocycles. The van der Waals surface area contributed by atoms with Crippen LogP contribution in [0.2, 0.25) is 0 Å². The second-order valence-corrected chi connectivity index (χ2v) is 6.68. The molecule has 0 saturated carbocycles. The predicted octanol–water partition coefficient (Wildman–Crippen LogP) is 2.08. The average Bonchev–Trinajstić information content (AvgIpc) is 2.50. The Morgan fingerprint density at radius 1 is 1.24 bits per heavy atom. The minimum Gasteiger partial charge on any atom is -0.490 e. The van der Waals surface area contributed by atoms with Crippen molar-refractivity contribution in [2.75, 3.05) is 19.8 Å². The van der Waals surface area contributed by atoms with Crippen molar-refractivity contribution in [3.63, 3.8) is 0 Å². The Bertz CT molecular complexity index is 597. The highest BCUT2D eigenvalue weighted by atomic mass is 16.5. The smallest absolute Gasteiger partial charge is 0.341 e. The highest BCUT2D eigenvalue weighted by molar-refractivity contribution is 5.94.